The molecule has 0 amide bonds. The summed E-state index contributed by atoms with van der Waals surface area (Å²) in [5, 5.41) is 0. The van der Waals surface area contributed by atoms with Crippen LogP contribution < -0.4 is 0 Å². The quantitative estimate of drug-likeness (QED) is 0.138. The summed E-state index contributed by atoms with van der Waals surface area (Å²) in [7, 11) is 0. The van der Waals surface area contributed by atoms with E-state index >= 15 is 0 Å². The SMILES string of the molecule is C1=CCCCC1.C1=NCCC1.C1=NCCCC1.C1CCCC1.C1CCCCC1.C1CCCCCC1.CC.CC.CC.CC.CC.CC.CC.CC.CC.CC.CC.CC.CC.CCCCC.[CH2-]CCC[CH2-].[CH2-]CC[CH2-].[CH2-]C[CH2-].[W+2].[Y].[Y].c1ccc2c(c1)CCC2.c1ccc2c(c1)CCCC2.c1ccc2c(c1)CCCC2. The Morgan fingerprint density at radius 2 is 0.427 bits per heavy atom. The van der Waals surface area contributed by atoms with E-state index in [4.69, 9.17) is 0 Å². The minimum Gasteiger partial charge on any atom is -0.372 e. The average molecular weight is 1860 g/mol. The van der Waals surface area contributed by atoms with Crippen LogP contribution in [0.25, 0.3) is 0 Å². The standard InChI is InChI=1S/2C10H12.C9H10.C7H14.C6H12.C6H10.C5H9N.C5H10.C5H12.C5H10.C4H7N.C4H8.C3H6.13C2H6.W.2Y/c2*1-2-6-10-8-4-3-7-9(10)5-1;1-2-5-9-7-3-6-8(9)4-1;1-2-4-6-7-5-3-1;3*1-2-4-6-5-3-1;1-2-4-5-3-1;2*1-3-5-4-2;1-2-4-5-3-1;1-3-4-2;1-3-2;13*1-2;;;/h2*1-2,5-6H,3-4,7-8H2;1-2,4-5H,3,6-7H2;1-7H2;1-6H2;1-2H,3-6H2;4H,1-3,5H2;1-5H2;3-5H2,1-2H3;1-5H2;3H,1-2,4H2;1-4H2;1-3H2;13*1-2H3;;;/q;;;;;;;;;-2;;2*-2;;;;;;;;;;;;;;+2;;. The molecule has 5 heteroatoms. The summed E-state index contributed by atoms with van der Waals surface area (Å²) in [4.78, 5) is 8.01. The molecular weight excluding hydrogens is 1650 g/mol. The van der Waals surface area contributed by atoms with Gasteiger partial charge in [0.15, 0.2) is 0 Å². The van der Waals surface area contributed by atoms with Crippen molar-refractivity contribution in [3.05, 3.63) is 160 Å². The molecular formula is C105H210N2WY2-4. The third-order valence-corrected chi connectivity index (χ3v) is 15.4. The Balaban J connectivity index is -0.0000000557. The fourth-order valence-electron chi connectivity index (χ4n) is 10.4. The summed E-state index contributed by atoms with van der Waals surface area (Å²) in [6.07, 6.45) is 72.0. The minimum atomic E-state index is 0. The summed E-state index contributed by atoms with van der Waals surface area (Å²) < 4.78 is 0. The second-order valence-electron chi connectivity index (χ2n) is 23.0. The predicted molar refractivity (Wildman–Crippen MR) is 518 cm³/mol. The fourth-order valence-corrected chi connectivity index (χ4v) is 10.4. The van der Waals surface area contributed by atoms with Crippen LogP contribution in [0.15, 0.2) is 94.9 Å². The fraction of sp³-hybridized carbons (Fsp3) is 0.733. The van der Waals surface area contributed by atoms with Gasteiger partial charge in [0.05, 0.1) is 0 Å². The molecule has 7 aliphatic carbocycles. The Labute approximate surface area is 770 Å². The van der Waals surface area contributed by atoms with Crippen molar-refractivity contribution in [3.8, 4) is 0 Å². The second-order valence-corrected chi connectivity index (χ2v) is 23.0. The Kier molecular flexibility index (Phi) is 241. The third kappa shape index (κ3) is 143. The molecule has 0 N–H and O–H groups in total. The molecule has 2 aliphatic heterocycles. The van der Waals surface area contributed by atoms with Crippen LogP contribution >= 0.6 is 0 Å². The molecule has 656 valence electrons. The molecule has 110 heavy (non-hydrogen) atoms. The summed E-state index contributed by atoms with van der Waals surface area (Å²) in [5.74, 6) is 0. The summed E-state index contributed by atoms with van der Waals surface area (Å²) in [6.45, 7) is 79.7. The van der Waals surface area contributed by atoms with E-state index in [0.717, 1.165) is 45.2 Å². The smallest absolute Gasteiger partial charge is 0.372 e. The van der Waals surface area contributed by atoms with Crippen LogP contribution in [-0.2, 0) is 125 Å². The van der Waals surface area contributed by atoms with Crippen LogP contribution in [0, 0.1) is 41.5 Å². The Morgan fingerprint density at radius 3 is 0.527 bits per heavy atom. The molecule has 0 bridgehead atoms. The van der Waals surface area contributed by atoms with E-state index in [9.17, 15) is 0 Å². The number of hydrogen-bond acceptors (Lipinski definition) is 2. The number of benzene rings is 3. The van der Waals surface area contributed by atoms with Crippen LogP contribution in [0.3, 0.4) is 0 Å². The Bertz CT molecular complexity index is 1570. The van der Waals surface area contributed by atoms with Gasteiger partial charge in [-0.2, -0.15) is 12.8 Å². The van der Waals surface area contributed by atoms with Crippen LogP contribution in [0.1, 0.15) is 490 Å². The molecule has 0 aromatic heterocycles. The van der Waals surface area contributed by atoms with E-state index in [0.29, 0.717) is 0 Å². The molecule has 3 aromatic carbocycles. The first-order valence-electron chi connectivity index (χ1n) is 47.6. The van der Waals surface area contributed by atoms with Crippen molar-refractivity contribution in [1.82, 2.24) is 0 Å². The van der Waals surface area contributed by atoms with Crippen molar-refractivity contribution < 1.29 is 86.5 Å². The zero-order valence-corrected chi connectivity index (χ0v) is 90.2. The number of nitrogens with zero attached hydrogens (tertiary/aromatic N) is 2. The van der Waals surface area contributed by atoms with E-state index in [-0.39, 0.29) is 86.5 Å². The maximum absolute atomic E-state index is 4.05. The molecule has 0 saturated heterocycles. The zero-order valence-electron chi connectivity index (χ0n) is 81.6. The molecule has 0 atom stereocenters. The average Bonchev–Trinajstić information content (AvgIpc) is 0.969. The van der Waals surface area contributed by atoms with Gasteiger partial charge < -0.3 is 48.0 Å². The van der Waals surface area contributed by atoms with Crippen LogP contribution in [0.4, 0.5) is 0 Å². The normalized spacial score (nSPS) is 13.4. The molecule has 2 radical (unpaired) electrons. The largest absolute Gasteiger partial charge is 2.00 e. The summed E-state index contributed by atoms with van der Waals surface area (Å²) in [6, 6.07) is 26.3. The van der Waals surface area contributed by atoms with Crippen molar-refractivity contribution in [2.75, 3.05) is 13.1 Å². The van der Waals surface area contributed by atoms with Gasteiger partial charge in [-0.1, -0.05) is 414 Å². The maximum Gasteiger partial charge on any atom is 2.00 e. The third-order valence-electron chi connectivity index (χ3n) is 15.4. The van der Waals surface area contributed by atoms with Crippen LogP contribution in [0.5, 0.6) is 0 Å². The number of allylic oxidation sites excluding steroid dienone is 2. The van der Waals surface area contributed by atoms with Crippen molar-refractivity contribution in [3.63, 3.8) is 0 Å². The number of aliphatic imine (C=N–C) groups is 2. The first-order valence-corrected chi connectivity index (χ1v) is 47.6. The molecule has 3 aromatic rings. The van der Waals surface area contributed by atoms with Crippen molar-refractivity contribution in [2.45, 2.75) is 496 Å². The van der Waals surface area contributed by atoms with E-state index in [1.165, 1.54) is 270 Å². The van der Waals surface area contributed by atoms with Gasteiger partial charge >= 0.3 is 21.1 Å². The topological polar surface area (TPSA) is 24.7 Å². The maximum atomic E-state index is 4.05. The van der Waals surface area contributed by atoms with E-state index in [1.54, 1.807) is 33.4 Å². The Morgan fingerprint density at radius 1 is 0.236 bits per heavy atom. The number of unbranched alkanes of at least 4 members (excludes halogenated alkanes) is 5. The number of fused-ring (bicyclic) bond motifs is 3. The predicted octanol–water partition coefficient (Wildman–Crippen LogP) is 38.4. The molecule has 3 fully saturated rings. The number of rotatable bonds is 5. The van der Waals surface area contributed by atoms with Crippen molar-refractivity contribution >= 4 is 12.4 Å². The van der Waals surface area contributed by atoms with E-state index < -0.39 is 0 Å². The molecule has 12 rings (SSSR count). The van der Waals surface area contributed by atoms with Crippen molar-refractivity contribution in [2.24, 2.45) is 9.98 Å². The minimum absolute atomic E-state index is 0. The molecule has 2 heterocycles. The number of aryl methyl sites for hydroxylation is 6. The second kappa shape index (κ2) is 176. The van der Waals surface area contributed by atoms with Gasteiger partial charge in [0.25, 0.3) is 0 Å². The Hall–Kier alpha value is -0.364. The van der Waals surface area contributed by atoms with Gasteiger partial charge in [-0.05, 0) is 174 Å². The monoisotopic (exact) mass is 1860 g/mol. The van der Waals surface area contributed by atoms with E-state index in [1.807, 2.05) is 192 Å². The molecule has 0 spiro atoms. The van der Waals surface area contributed by atoms with Gasteiger partial charge in [0.1, 0.15) is 0 Å². The van der Waals surface area contributed by atoms with E-state index in [2.05, 4.69) is 150 Å². The van der Waals surface area contributed by atoms with Gasteiger partial charge in [-0.3, -0.25) is 9.98 Å². The number of hydrogen-bond donors (Lipinski definition) is 0. The van der Waals surface area contributed by atoms with Gasteiger partial charge in [0, 0.05) is 78.5 Å². The molecule has 0 unspecified atom stereocenters. The van der Waals surface area contributed by atoms with Crippen LogP contribution in [-0.4, -0.2) is 25.5 Å². The zero-order chi connectivity index (χ0) is 84.8. The van der Waals surface area contributed by atoms with Gasteiger partial charge in [-0.15, -0.1) is 6.42 Å². The summed E-state index contributed by atoms with van der Waals surface area (Å²) in [5.41, 5.74) is 9.44. The first kappa shape index (κ1) is 151. The van der Waals surface area contributed by atoms with Crippen molar-refractivity contribution in [1.29, 1.82) is 0 Å². The molecule has 2 nitrogen and oxygen atoms in total. The van der Waals surface area contributed by atoms with Gasteiger partial charge in [-0.25, -0.2) is 12.8 Å². The van der Waals surface area contributed by atoms with Gasteiger partial charge in [0.2, 0.25) is 0 Å². The summed E-state index contributed by atoms with van der Waals surface area (Å²) >= 11 is 0. The molecule has 9 aliphatic rings. The molecule has 3 saturated carbocycles. The first-order chi connectivity index (χ1) is 53.1. The van der Waals surface area contributed by atoms with Crippen LogP contribution in [0.2, 0.25) is 0 Å².